The van der Waals surface area contributed by atoms with E-state index < -0.39 is 5.97 Å². The fourth-order valence-electron chi connectivity index (χ4n) is 3.69. The standard InChI is InChI=1S/C23H27NO4/c1-17-7-6-8-18(2)24(17)22(25)15-28-23(26)16-27-21-13-11-20(12-14-21)19-9-4-3-5-10-19/h3-5,9-14,17-18H,6-8,15-16H2,1-2H3/t17-,18-/m1/s1. The van der Waals surface area contributed by atoms with Crippen molar-refractivity contribution in [3.8, 4) is 16.9 Å². The van der Waals surface area contributed by atoms with Crippen LogP contribution in [0, 0.1) is 0 Å². The average molecular weight is 381 g/mol. The van der Waals surface area contributed by atoms with Gasteiger partial charge in [0.15, 0.2) is 13.2 Å². The van der Waals surface area contributed by atoms with Crippen molar-refractivity contribution in [3.63, 3.8) is 0 Å². The Bertz CT molecular complexity index is 778. The molecule has 1 aliphatic heterocycles. The maximum Gasteiger partial charge on any atom is 0.344 e. The molecular formula is C23H27NO4. The van der Waals surface area contributed by atoms with E-state index in [0.717, 1.165) is 30.4 Å². The van der Waals surface area contributed by atoms with E-state index in [1.54, 1.807) is 0 Å². The predicted molar refractivity (Wildman–Crippen MR) is 108 cm³/mol. The van der Waals surface area contributed by atoms with E-state index in [1.165, 1.54) is 0 Å². The van der Waals surface area contributed by atoms with Gasteiger partial charge in [-0.05, 0) is 56.4 Å². The molecule has 1 aliphatic rings. The average Bonchev–Trinajstić information content (AvgIpc) is 2.71. The Labute approximate surface area is 166 Å². The number of piperidine rings is 1. The van der Waals surface area contributed by atoms with Crippen LogP contribution >= 0.6 is 0 Å². The van der Waals surface area contributed by atoms with Gasteiger partial charge in [0, 0.05) is 12.1 Å². The second kappa shape index (κ2) is 9.40. The van der Waals surface area contributed by atoms with Gasteiger partial charge in [-0.15, -0.1) is 0 Å². The number of carbonyl (C=O) groups is 2. The molecule has 5 nitrogen and oxygen atoms in total. The number of benzene rings is 2. The number of hydrogen-bond donors (Lipinski definition) is 0. The van der Waals surface area contributed by atoms with Crippen molar-refractivity contribution < 1.29 is 19.1 Å². The molecule has 28 heavy (non-hydrogen) atoms. The van der Waals surface area contributed by atoms with E-state index in [-0.39, 0.29) is 31.2 Å². The molecule has 1 amide bonds. The van der Waals surface area contributed by atoms with Gasteiger partial charge in [-0.1, -0.05) is 42.5 Å². The second-order valence-corrected chi connectivity index (χ2v) is 7.27. The molecule has 1 fully saturated rings. The summed E-state index contributed by atoms with van der Waals surface area (Å²) < 4.78 is 10.6. The van der Waals surface area contributed by atoms with Crippen LogP contribution in [0.2, 0.25) is 0 Å². The first-order chi connectivity index (χ1) is 13.5. The van der Waals surface area contributed by atoms with E-state index >= 15 is 0 Å². The van der Waals surface area contributed by atoms with E-state index in [4.69, 9.17) is 9.47 Å². The summed E-state index contributed by atoms with van der Waals surface area (Å²) in [6.45, 7) is 3.63. The van der Waals surface area contributed by atoms with E-state index in [1.807, 2.05) is 73.3 Å². The summed E-state index contributed by atoms with van der Waals surface area (Å²) >= 11 is 0. The molecule has 0 bridgehead atoms. The van der Waals surface area contributed by atoms with Crippen molar-refractivity contribution in [2.45, 2.75) is 45.2 Å². The van der Waals surface area contributed by atoms with Crippen molar-refractivity contribution >= 4 is 11.9 Å². The van der Waals surface area contributed by atoms with Crippen molar-refractivity contribution in [2.75, 3.05) is 13.2 Å². The lowest BCUT2D eigenvalue weighted by Gasteiger charge is -2.38. The normalized spacial score (nSPS) is 19.1. The maximum absolute atomic E-state index is 12.4. The summed E-state index contributed by atoms with van der Waals surface area (Å²) in [6.07, 6.45) is 3.11. The Balaban J connectivity index is 1.45. The van der Waals surface area contributed by atoms with Crippen LogP contribution in [-0.2, 0) is 14.3 Å². The molecule has 148 valence electrons. The van der Waals surface area contributed by atoms with Crippen molar-refractivity contribution in [1.29, 1.82) is 0 Å². The van der Waals surface area contributed by atoms with Gasteiger partial charge >= 0.3 is 5.97 Å². The molecule has 0 spiro atoms. The minimum atomic E-state index is -0.544. The number of nitrogens with zero attached hydrogens (tertiary/aromatic N) is 1. The quantitative estimate of drug-likeness (QED) is 0.708. The summed E-state index contributed by atoms with van der Waals surface area (Å²) in [6, 6.07) is 17.9. The Kier molecular flexibility index (Phi) is 6.69. The van der Waals surface area contributed by atoms with Crippen LogP contribution in [0.5, 0.6) is 5.75 Å². The molecule has 5 heteroatoms. The second-order valence-electron chi connectivity index (χ2n) is 7.27. The minimum absolute atomic E-state index is 0.139. The van der Waals surface area contributed by atoms with Gasteiger partial charge in [-0.25, -0.2) is 4.79 Å². The summed E-state index contributed by atoms with van der Waals surface area (Å²) in [7, 11) is 0. The third-order valence-electron chi connectivity index (χ3n) is 5.16. The van der Waals surface area contributed by atoms with Gasteiger partial charge in [0.25, 0.3) is 5.91 Å². The molecule has 0 saturated carbocycles. The Morgan fingerprint density at radius 3 is 2.14 bits per heavy atom. The fourth-order valence-corrected chi connectivity index (χ4v) is 3.69. The van der Waals surface area contributed by atoms with E-state index in [9.17, 15) is 9.59 Å². The first-order valence-electron chi connectivity index (χ1n) is 9.79. The molecule has 3 rings (SSSR count). The highest BCUT2D eigenvalue weighted by molar-refractivity contribution is 5.81. The lowest BCUT2D eigenvalue weighted by Crippen LogP contribution is -2.49. The first kappa shape index (κ1) is 19.9. The SMILES string of the molecule is C[C@@H]1CCC[C@@H](C)N1C(=O)COC(=O)COc1ccc(-c2ccccc2)cc1. The largest absolute Gasteiger partial charge is 0.482 e. The molecular weight excluding hydrogens is 354 g/mol. The number of ether oxygens (including phenoxy) is 2. The Morgan fingerprint density at radius 1 is 0.893 bits per heavy atom. The number of hydrogen-bond acceptors (Lipinski definition) is 4. The third-order valence-corrected chi connectivity index (χ3v) is 5.16. The number of carbonyl (C=O) groups excluding carboxylic acids is 2. The highest BCUT2D eigenvalue weighted by Crippen LogP contribution is 2.23. The zero-order valence-electron chi connectivity index (χ0n) is 16.5. The molecule has 2 aromatic rings. The first-order valence-corrected chi connectivity index (χ1v) is 9.79. The fraction of sp³-hybridized carbons (Fsp3) is 0.391. The van der Waals surface area contributed by atoms with Gasteiger partial charge in [0.1, 0.15) is 5.75 Å². The summed E-state index contributed by atoms with van der Waals surface area (Å²) in [5, 5.41) is 0. The number of likely N-dealkylation sites (tertiary alicyclic amines) is 1. The zero-order chi connectivity index (χ0) is 19.9. The summed E-state index contributed by atoms with van der Waals surface area (Å²) in [5.74, 6) is -0.0979. The molecule has 0 N–H and O–H groups in total. The molecule has 1 heterocycles. The molecule has 0 radical (unpaired) electrons. The lowest BCUT2D eigenvalue weighted by molar-refractivity contribution is -0.156. The molecule has 2 aromatic carbocycles. The van der Waals surface area contributed by atoms with E-state index in [2.05, 4.69) is 0 Å². The zero-order valence-corrected chi connectivity index (χ0v) is 16.5. The van der Waals surface area contributed by atoms with Crippen LogP contribution in [-0.4, -0.2) is 42.1 Å². The van der Waals surface area contributed by atoms with Crippen molar-refractivity contribution in [3.05, 3.63) is 54.6 Å². The maximum atomic E-state index is 12.4. The molecule has 0 unspecified atom stereocenters. The smallest absolute Gasteiger partial charge is 0.344 e. The predicted octanol–water partition coefficient (Wildman–Crippen LogP) is 4.07. The van der Waals surface area contributed by atoms with Crippen molar-refractivity contribution in [2.24, 2.45) is 0 Å². The van der Waals surface area contributed by atoms with Crippen LogP contribution in [0.25, 0.3) is 11.1 Å². The highest BCUT2D eigenvalue weighted by Gasteiger charge is 2.29. The minimum Gasteiger partial charge on any atom is -0.482 e. The molecule has 1 saturated heterocycles. The van der Waals surface area contributed by atoms with Gasteiger partial charge in [0.2, 0.25) is 0 Å². The van der Waals surface area contributed by atoms with Crippen LogP contribution in [0.15, 0.2) is 54.6 Å². The van der Waals surface area contributed by atoms with Gasteiger partial charge in [0.05, 0.1) is 0 Å². The van der Waals surface area contributed by atoms with Crippen LogP contribution < -0.4 is 4.74 Å². The topological polar surface area (TPSA) is 55.8 Å². The molecule has 2 atom stereocenters. The van der Waals surface area contributed by atoms with E-state index in [0.29, 0.717) is 5.75 Å². The number of rotatable bonds is 6. The summed E-state index contributed by atoms with van der Waals surface area (Å²) in [4.78, 5) is 26.1. The lowest BCUT2D eigenvalue weighted by atomic mass is 9.97. The summed E-state index contributed by atoms with van der Waals surface area (Å²) in [5.41, 5.74) is 2.19. The van der Waals surface area contributed by atoms with Crippen LogP contribution in [0.4, 0.5) is 0 Å². The monoisotopic (exact) mass is 381 g/mol. The van der Waals surface area contributed by atoms with Crippen molar-refractivity contribution in [1.82, 2.24) is 4.90 Å². The van der Waals surface area contributed by atoms with Gasteiger partial charge < -0.3 is 14.4 Å². The van der Waals surface area contributed by atoms with Gasteiger partial charge in [-0.3, -0.25) is 4.79 Å². The van der Waals surface area contributed by atoms with Crippen LogP contribution in [0.3, 0.4) is 0 Å². The van der Waals surface area contributed by atoms with Crippen LogP contribution in [0.1, 0.15) is 33.1 Å². The van der Waals surface area contributed by atoms with Gasteiger partial charge in [-0.2, -0.15) is 0 Å². The highest BCUT2D eigenvalue weighted by atomic mass is 16.6. The number of esters is 1. The Morgan fingerprint density at radius 2 is 1.50 bits per heavy atom. The third kappa shape index (κ3) is 5.12. The Hall–Kier alpha value is -2.82. The molecule has 0 aromatic heterocycles. The number of amides is 1. The molecule has 0 aliphatic carbocycles.